The van der Waals surface area contributed by atoms with Crippen LogP contribution in [0.5, 0.6) is 0 Å². The second-order valence-electron chi connectivity index (χ2n) is 5.92. The lowest BCUT2D eigenvalue weighted by molar-refractivity contribution is 0.216. The second kappa shape index (κ2) is 8.07. The van der Waals surface area contributed by atoms with Crippen LogP contribution in [0.4, 0.5) is 17.1 Å². The fraction of sp³-hybridized carbons (Fsp3) is 0. The van der Waals surface area contributed by atoms with Gasteiger partial charge >= 0.3 is 0 Å². The molecule has 0 aromatic heterocycles. The Morgan fingerprint density at radius 3 is 1.93 bits per heavy atom. The Kier molecular flexibility index (Phi) is 4.99. The second-order valence-corrected chi connectivity index (χ2v) is 5.92. The minimum Gasteiger partial charge on any atom is -0.341 e. The number of hydrazine groups is 3. The fourth-order valence-electron chi connectivity index (χ4n) is 2.60. The van der Waals surface area contributed by atoms with Crippen LogP contribution < -0.4 is 21.6 Å². The molecule has 0 spiro atoms. The molecule has 1 heterocycles. The Bertz CT molecular complexity index is 923. The first-order chi connectivity index (χ1) is 13.3. The van der Waals surface area contributed by atoms with Gasteiger partial charge in [-0.1, -0.05) is 54.6 Å². The van der Waals surface area contributed by atoms with Crippen molar-refractivity contribution in [3.63, 3.8) is 0 Å². The van der Waals surface area contributed by atoms with Gasteiger partial charge in [0.1, 0.15) is 11.7 Å². The summed E-state index contributed by atoms with van der Waals surface area (Å²) in [7, 11) is 0. The average molecular weight is 356 g/mol. The number of hydrogen-bond acceptors (Lipinski definition) is 5. The zero-order chi connectivity index (χ0) is 18.3. The van der Waals surface area contributed by atoms with E-state index in [4.69, 9.17) is 0 Å². The fourth-order valence-corrected chi connectivity index (χ4v) is 2.60. The van der Waals surface area contributed by atoms with Crippen molar-refractivity contribution in [2.24, 2.45) is 4.99 Å². The number of nitrogens with one attached hydrogen (secondary N) is 4. The van der Waals surface area contributed by atoms with Crippen LogP contribution in [0.3, 0.4) is 0 Å². The molecule has 0 bridgehead atoms. The molecule has 134 valence electrons. The summed E-state index contributed by atoms with van der Waals surface area (Å²) in [6.07, 6.45) is 1.92. The van der Waals surface area contributed by atoms with Gasteiger partial charge in [-0.05, 0) is 41.6 Å². The van der Waals surface area contributed by atoms with E-state index in [1.54, 1.807) is 5.23 Å². The van der Waals surface area contributed by atoms with Crippen molar-refractivity contribution in [3.05, 3.63) is 103 Å². The van der Waals surface area contributed by atoms with Crippen LogP contribution in [0.15, 0.2) is 108 Å². The number of rotatable bonds is 5. The van der Waals surface area contributed by atoms with Crippen LogP contribution in [0, 0.1) is 0 Å². The van der Waals surface area contributed by atoms with E-state index >= 15 is 0 Å². The highest BCUT2D eigenvalue weighted by atomic mass is 15.9. The monoisotopic (exact) mass is 356 g/mol. The maximum Gasteiger partial charge on any atom is 0.147 e. The third-order valence-corrected chi connectivity index (χ3v) is 3.81. The number of aliphatic imine (C=N–C) groups is 1. The van der Waals surface area contributed by atoms with Gasteiger partial charge < -0.3 is 5.32 Å². The molecule has 0 saturated carbocycles. The van der Waals surface area contributed by atoms with Gasteiger partial charge in [0.05, 0.1) is 11.4 Å². The molecule has 0 aliphatic carbocycles. The van der Waals surface area contributed by atoms with Gasteiger partial charge in [-0.2, -0.15) is 0 Å². The molecule has 0 unspecified atom stereocenters. The molecule has 0 atom stereocenters. The molecule has 6 nitrogen and oxygen atoms in total. The highest BCUT2D eigenvalue weighted by Gasteiger charge is 2.15. The summed E-state index contributed by atoms with van der Waals surface area (Å²) >= 11 is 0. The molecule has 0 fully saturated rings. The third kappa shape index (κ3) is 4.65. The minimum absolute atomic E-state index is 0.696. The highest BCUT2D eigenvalue weighted by Crippen LogP contribution is 2.14. The third-order valence-electron chi connectivity index (χ3n) is 3.81. The summed E-state index contributed by atoms with van der Waals surface area (Å²) in [6, 6.07) is 29.7. The largest absolute Gasteiger partial charge is 0.341 e. The average Bonchev–Trinajstić information content (AvgIpc) is 2.70. The molecular weight excluding hydrogens is 336 g/mol. The number of benzene rings is 3. The number of nitrogens with zero attached hydrogens (tertiary/aromatic N) is 2. The summed E-state index contributed by atoms with van der Waals surface area (Å²) in [5, 5.41) is 5.03. The predicted molar refractivity (Wildman–Crippen MR) is 110 cm³/mol. The Morgan fingerprint density at radius 2 is 1.26 bits per heavy atom. The van der Waals surface area contributed by atoms with Crippen molar-refractivity contribution in [1.82, 2.24) is 16.1 Å². The molecule has 0 radical (unpaired) electrons. The van der Waals surface area contributed by atoms with E-state index in [0.29, 0.717) is 5.84 Å². The Balaban J connectivity index is 1.58. The lowest BCUT2D eigenvalue weighted by Gasteiger charge is -2.31. The summed E-state index contributed by atoms with van der Waals surface area (Å²) in [5.74, 6) is 1.49. The molecule has 27 heavy (non-hydrogen) atoms. The molecule has 6 heteroatoms. The molecule has 0 amide bonds. The molecule has 0 saturated heterocycles. The van der Waals surface area contributed by atoms with E-state index < -0.39 is 0 Å². The van der Waals surface area contributed by atoms with Crippen molar-refractivity contribution in [2.45, 2.75) is 0 Å². The van der Waals surface area contributed by atoms with Gasteiger partial charge in [-0.25, -0.2) is 4.99 Å². The Labute approximate surface area is 158 Å². The Morgan fingerprint density at radius 1 is 0.667 bits per heavy atom. The van der Waals surface area contributed by atoms with Crippen molar-refractivity contribution in [2.75, 3.05) is 10.7 Å². The summed E-state index contributed by atoms with van der Waals surface area (Å²) < 4.78 is 0. The normalized spacial score (nSPS) is 15.4. The van der Waals surface area contributed by atoms with Crippen LogP contribution in [0.1, 0.15) is 0 Å². The number of para-hydroxylation sites is 3. The van der Waals surface area contributed by atoms with Crippen LogP contribution in [0.25, 0.3) is 0 Å². The van der Waals surface area contributed by atoms with Crippen molar-refractivity contribution in [1.29, 1.82) is 0 Å². The summed E-state index contributed by atoms with van der Waals surface area (Å²) in [6.45, 7) is 0. The van der Waals surface area contributed by atoms with Crippen molar-refractivity contribution in [3.8, 4) is 0 Å². The molecule has 3 aromatic carbocycles. The van der Waals surface area contributed by atoms with E-state index in [1.807, 2.05) is 97.1 Å². The van der Waals surface area contributed by atoms with Crippen LogP contribution in [0.2, 0.25) is 0 Å². The summed E-state index contributed by atoms with van der Waals surface area (Å²) in [5.41, 5.74) is 12.5. The van der Waals surface area contributed by atoms with Crippen LogP contribution in [-0.4, -0.2) is 11.1 Å². The molecule has 1 aliphatic heterocycles. The first-order valence-corrected chi connectivity index (χ1v) is 8.68. The zero-order valence-electron chi connectivity index (χ0n) is 14.6. The molecular formula is C21H20N6. The van der Waals surface area contributed by atoms with Crippen molar-refractivity contribution >= 4 is 22.9 Å². The standard InChI is InChI=1S/C21H20N6/c1-4-10-17(11-5-1)22-20-16-21(23-18-12-6-2-7-13-18)26-27(25-20)24-19-14-8-3-9-15-19/h1-16,22,24-25H,(H,23,26). The lowest BCUT2D eigenvalue weighted by atomic mass is 10.3. The quantitative estimate of drug-likeness (QED) is 0.556. The summed E-state index contributed by atoms with van der Waals surface area (Å²) in [4.78, 5) is 4.67. The van der Waals surface area contributed by atoms with Gasteiger partial charge in [-0.3, -0.25) is 16.3 Å². The first kappa shape index (κ1) is 16.7. The van der Waals surface area contributed by atoms with Crippen LogP contribution >= 0.6 is 0 Å². The molecule has 1 aliphatic rings. The molecule has 4 N–H and O–H groups in total. The molecule has 4 rings (SSSR count). The maximum atomic E-state index is 4.67. The van der Waals surface area contributed by atoms with Crippen LogP contribution in [-0.2, 0) is 0 Å². The topological polar surface area (TPSA) is 63.7 Å². The molecule has 3 aromatic rings. The number of anilines is 2. The highest BCUT2D eigenvalue weighted by molar-refractivity contribution is 5.96. The maximum absolute atomic E-state index is 4.67. The lowest BCUT2D eigenvalue weighted by Crippen LogP contribution is -2.57. The van der Waals surface area contributed by atoms with E-state index in [2.05, 4.69) is 26.6 Å². The van der Waals surface area contributed by atoms with E-state index in [0.717, 1.165) is 22.9 Å². The van der Waals surface area contributed by atoms with Gasteiger partial charge in [-0.15, -0.1) is 0 Å². The van der Waals surface area contributed by atoms with Crippen molar-refractivity contribution < 1.29 is 0 Å². The van der Waals surface area contributed by atoms with Gasteiger partial charge in [0.2, 0.25) is 0 Å². The van der Waals surface area contributed by atoms with Gasteiger partial charge in [0, 0.05) is 11.8 Å². The van der Waals surface area contributed by atoms with E-state index in [-0.39, 0.29) is 0 Å². The predicted octanol–water partition coefficient (Wildman–Crippen LogP) is 4.02. The first-order valence-electron chi connectivity index (χ1n) is 8.68. The smallest absolute Gasteiger partial charge is 0.147 e. The number of amidine groups is 1. The number of hydrogen-bond donors (Lipinski definition) is 4. The van der Waals surface area contributed by atoms with E-state index in [1.165, 1.54) is 0 Å². The van der Waals surface area contributed by atoms with Gasteiger partial charge in [0.15, 0.2) is 0 Å². The Hall–Kier alpha value is -3.77. The zero-order valence-corrected chi connectivity index (χ0v) is 14.6. The van der Waals surface area contributed by atoms with Gasteiger partial charge in [0.25, 0.3) is 0 Å². The SMILES string of the molecule is C1=C(Nc2ccccc2)NN(Nc2ccccc2)NC1=Nc1ccccc1. The minimum atomic E-state index is 0.696. The van der Waals surface area contributed by atoms with E-state index in [9.17, 15) is 0 Å².